The van der Waals surface area contributed by atoms with E-state index in [4.69, 9.17) is 9.47 Å². The zero-order valence-corrected chi connectivity index (χ0v) is 19.9. The molecule has 12 nitrogen and oxygen atoms in total. The van der Waals surface area contributed by atoms with Crippen LogP contribution in [-0.4, -0.2) is 77.6 Å². The number of nitro groups is 1. The maximum absolute atomic E-state index is 13.3. The van der Waals surface area contributed by atoms with Crippen molar-refractivity contribution in [1.82, 2.24) is 19.0 Å². The fourth-order valence-electron chi connectivity index (χ4n) is 4.07. The molecule has 2 fully saturated rings. The van der Waals surface area contributed by atoms with Crippen LogP contribution in [-0.2, 0) is 21.3 Å². The number of nitrogens with zero attached hydrogens (tertiary/aromatic N) is 5. The Morgan fingerprint density at radius 2 is 1.88 bits per heavy atom. The van der Waals surface area contributed by atoms with Crippen molar-refractivity contribution in [2.24, 2.45) is 0 Å². The number of morpholine rings is 1. The molecule has 1 aromatic heterocycles. The van der Waals surface area contributed by atoms with E-state index in [9.17, 15) is 23.3 Å². The third-order valence-electron chi connectivity index (χ3n) is 5.96. The van der Waals surface area contributed by atoms with Gasteiger partial charge in [-0.25, -0.2) is 13.1 Å². The quantitative estimate of drug-likeness (QED) is 0.423. The molecular formula is C21H27N5O7S. The first-order chi connectivity index (χ1) is 16.2. The van der Waals surface area contributed by atoms with Crippen molar-refractivity contribution in [2.75, 3.05) is 39.4 Å². The minimum absolute atomic E-state index is 0.0550. The number of hydrogen-bond acceptors (Lipinski definition) is 8. The summed E-state index contributed by atoms with van der Waals surface area (Å²) in [4.78, 5) is 25.1. The molecule has 0 radical (unpaired) electrons. The molecule has 0 aliphatic carbocycles. The maximum atomic E-state index is 13.3. The Morgan fingerprint density at radius 3 is 2.50 bits per heavy atom. The molecule has 2 aromatic rings. The number of hydrogen-bond donors (Lipinski definition) is 0. The minimum atomic E-state index is -4.02. The van der Waals surface area contributed by atoms with Gasteiger partial charge in [-0.05, 0) is 32.8 Å². The molecule has 34 heavy (non-hydrogen) atoms. The van der Waals surface area contributed by atoms with Crippen LogP contribution in [0, 0.1) is 17.0 Å². The summed E-state index contributed by atoms with van der Waals surface area (Å²) < 4.78 is 40.7. The highest BCUT2D eigenvalue weighted by atomic mass is 32.2. The van der Waals surface area contributed by atoms with Gasteiger partial charge in [0.15, 0.2) is 5.69 Å². The van der Waals surface area contributed by atoms with E-state index < -0.39 is 14.9 Å². The average molecular weight is 494 g/mol. The molecule has 1 aromatic carbocycles. The van der Waals surface area contributed by atoms with Crippen LogP contribution in [0.4, 0.5) is 5.69 Å². The number of sulfonamides is 1. The first-order valence-corrected chi connectivity index (χ1v) is 12.6. The van der Waals surface area contributed by atoms with Crippen LogP contribution in [0.1, 0.15) is 35.8 Å². The number of carbonyl (C=O) groups excluding carboxylic acids is 1. The van der Waals surface area contributed by atoms with E-state index in [2.05, 4.69) is 5.10 Å². The number of aromatic nitrogens is 2. The van der Waals surface area contributed by atoms with E-state index in [1.807, 2.05) is 6.92 Å². The van der Waals surface area contributed by atoms with Crippen molar-refractivity contribution in [1.29, 1.82) is 0 Å². The average Bonchev–Trinajstić information content (AvgIpc) is 3.49. The summed E-state index contributed by atoms with van der Waals surface area (Å²) in [5, 5.41) is 15.8. The zero-order chi connectivity index (χ0) is 24.5. The second-order valence-corrected chi connectivity index (χ2v) is 10.0. The summed E-state index contributed by atoms with van der Waals surface area (Å²) in [7, 11) is -4.02. The van der Waals surface area contributed by atoms with Crippen LogP contribution in [0.25, 0.3) is 0 Å². The van der Waals surface area contributed by atoms with Crippen LogP contribution in [0.15, 0.2) is 23.1 Å². The number of benzene rings is 1. The number of rotatable bonds is 7. The lowest BCUT2D eigenvalue weighted by Crippen LogP contribution is -2.41. The highest BCUT2D eigenvalue weighted by Gasteiger charge is 2.33. The Hall–Kier alpha value is -3.03. The van der Waals surface area contributed by atoms with E-state index in [1.165, 1.54) is 21.1 Å². The van der Waals surface area contributed by atoms with Gasteiger partial charge in [0.1, 0.15) is 10.6 Å². The summed E-state index contributed by atoms with van der Waals surface area (Å²) >= 11 is 0. The van der Waals surface area contributed by atoms with Crippen LogP contribution < -0.4 is 4.74 Å². The summed E-state index contributed by atoms with van der Waals surface area (Å²) in [6.45, 7) is 6.35. The number of aryl methyl sites for hydroxylation is 1. The second-order valence-electron chi connectivity index (χ2n) is 8.10. The Balaban J connectivity index is 1.74. The lowest BCUT2D eigenvalue weighted by atomic mass is 10.2. The Bertz CT molecular complexity index is 1200. The van der Waals surface area contributed by atoms with Gasteiger partial charge in [-0.3, -0.25) is 14.9 Å². The molecule has 0 spiro atoms. The van der Waals surface area contributed by atoms with Gasteiger partial charge in [0, 0.05) is 50.4 Å². The summed E-state index contributed by atoms with van der Waals surface area (Å²) in [5.74, 6) is -0.0992. The number of nitro benzene ring substituents is 1. The van der Waals surface area contributed by atoms with Crippen molar-refractivity contribution in [3.8, 4) is 11.6 Å². The maximum Gasteiger partial charge on any atom is 0.274 e. The fourth-order valence-corrected chi connectivity index (χ4v) is 5.72. The monoisotopic (exact) mass is 493 g/mol. The Labute approximate surface area is 197 Å². The second kappa shape index (κ2) is 9.68. The number of amides is 1. The summed E-state index contributed by atoms with van der Waals surface area (Å²) in [6, 6.07) is 3.49. The summed E-state index contributed by atoms with van der Waals surface area (Å²) in [6.07, 6.45) is 1.44. The number of ether oxygens (including phenoxy) is 2. The molecule has 2 aliphatic heterocycles. The first kappa shape index (κ1) is 24.1. The Kier molecular flexibility index (Phi) is 6.86. The van der Waals surface area contributed by atoms with Crippen molar-refractivity contribution in [2.45, 2.75) is 38.1 Å². The van der Waals surface area contributed by atoms with Crippen LogP contribution in [0.5, 0.6) is 11.6 Å². The topological polar surface area (TPSA) is 137 Å². The van der Waals surface area contributed by atoms with E-state index in [1.54, 1.807) is 11.8 Å². The van der Waals surface area contributed by atoms with Crippen molar-refractivity contribution >= 4 is 21.6 Å². The smallest absolute Gasteiger partial charge is 0.274 e. The molecular weight excluding hydrogens is 466 g/mol. The number of non-ortho nitro benzene ring substituents is 1. The molecule has 13 heteroatoms. The molecule has 3 heterocycles. The Morgan fingerprint density at radius 1 is 1.21 bits per heavy atom. The van der Waals surface area contributed by atoms with Crippen molar-refractivity contribution < 1.29 is 27.6 Å². The molecule has 0 bridgehead atoms. The van der Waals surface area contributed by atoms with Gasteiger partial charge in [0.2, 0.25) is 15.9 Å². The van der Waals surface area contributed by atoms with E-state index in [-0.39, 0.29) is 33.8 Å². The van der Waals surface area contributed by atoms with Gasteiger partial charge >= 0.3 is 0 Å². The minimum Gasteiger partial charge on any atom is -0.438 e. The molecule has 0 unspecified atom stereocenters. The lowest BCUT2D eigenvalue weighted by Gasteiger charge is -2.26. The van der Waals surface area contributed by atoms with Crippen LogP contribution in [0.3, 0.4) is 0 Å². The number of carbonyl (C=O) groups is 1. The van der Waals surface area contributed by atoms with Crippen molar-refractivity contribution in [3.63, 3.8) is 0 Å². The van der Waals surface area contributed by atoms with Gasteiger partial charge in [-0.2, -0.15) is 9.40 Å². The SMILES string of the molecule is CCn1nc(C(=O)N2CCOCC2)c(C)c1Oc1ccc([N+](=O)[O-])cc1S(=O)(=O)N1CCCC1. The summed E-state index contributed by atoms with van der Waals surface area (Å²) in [5.41, 5.74) is 0.319. The third-order valence-corrected chi connectivity index (χ3v) is 7.88. The molecule has 184 valence electrons. The van der Waals surface area contributed by atoms with Gasteiger partial charge in [-0.15, -0.1) is 0 Å². The fraction of sp³-hybridized carbons (Fsp3) is 0.524. The molecule has 2 saturated heterocycles. The van der Waals surface area contributed by atoms with Crippen LogP contribution >= 0.6 is 0 Å². The van der Waals surface area contributed by atoms with Gasteiger partial charge in [0.25, 0.3) is 11.6 Å². The first-order valence-electron chi connectivity index (χ1n) is 11.1. The van der Waals surface area contributed by atoms with E-state index in [0.29, 0.717) is 51.5 Å². The van der Waals surface area contributed by atoms with Crippen LogP contribution in [0.2, 0.25) is 0 Å². The predicted molar refractivity (Wildman–Crippen MR) is 121 cm³/mol. The van der Waals surface area contributed by atoms with Crippen molar-refractivity contribution in [3.05, 3.63) is 39.6 Å². The van der Waals surface area contributed by atoms with E-state index >= 15 is 0 Å². The van der Waals surface area contributed by atoms with Gasteiger partial charge in [-0.1, -0.05) is 0 Å². The molecule has 0 N–H and O–H groups in total. The molecule has 0 saturated carbocycles. The highest BCUT2D eigenvalue weighted by molar-refractivity contribution is 7.89. The molecule has 1 amide bonds. The predicted octanol–water partition coefficient (Wildman–Crippen LogP) is 2.17. The highest BCUT2D eigenvalue weighted by Crippen LogP contribution is 2.36. The molecule has 2 aliphatic rings. The third kappa shape index (κ3) is 4.50. The zero-order valence-electron chi connectivity index (χ0n) is 19.1. The van der Waals surface area contributed by atoms with E-state index in [0.717, 1.165) is 18.9 Å². The largest absolute Gasteiger partial charge is 0.438 e. The van der Waals surface area contributed by atoms with Gasteiger partial charge in [0.05, 0.1) is 18.1 Å². The standard InChI is InChI=1S/C21H27N5O7S/c1-3-25-21(15(2)19(22-25)20(27)23-10-12-32-13-11-23)33-17-7-6-16(26(28)29)14-18(17)34(30,31)24-8-4-5-9-24/h6-7,14H,3-5,8-13H2,1-2H3. The molecule has 4 rings (SSSR count). The normalized spacial score (nSPS) is 17.2. The van der Waals surface area contributed by atoms with Gasteiger partial charge < -0.3 is 14.4 Å². The molecule has 0 atom stereocenters. The lowest BCUT2D eigenvalue weighted by molar-refractivity contribution is -0.385.